The average Bonchev–Trinajstić information content (AvgIpc) is 3.23. The summed E-state index contributed by atoms with van der Waals surface area (Å²) in [7, 11) is 1.63. The fourth-order valence-electron chi connectivity index (χ4n) is 4.40. The standard InChI is InChI=1S/C29H27N3O2/c1-20(30-28(33)18-21-12-15-25(34-2)16-13-21)29-31-26-9-5-6-10-27(26)32(29)19-22-11-14-23-7-3-4-8-24(23)17-22/h3-17,20H,18-19H2,1-2H3,(H,30,33). The van der Waals surface area contributed by atoms with Crippen LogP contribution in [0.1, 0.15) is 29.9 Å². The van der Waals surface area contributed by atoms with Crippen LogP contribution in [0.3, 0.4) is 0 Å². The van der Waals surface area contributed by atoms with Crippen molar-refractivity contribution in [3.8, 4) is 5.75 Å². The van der Waals surface area contributed by atoms with Gasteiger partial charge in [0.25, 0.3) is 0 Å². The predicted octanol–water partition coefficient (Wildman–Crippen LogP) is 5.67. The van der Waals surface area contributed by atoms with E-state index in [0.717, 1.165) is 28.2 Å². The molecule has 4 aromatic carbocycles. The van der Waals surface area contributed by atoms with Gasteiger partial charge in [-0.25, -0.2) is 4.98 Å². The normalized spacial score (nSPS) is 12.1. The summed E-state index contributed by atoms with van der Waals surface area (Å²) in [4.78, 5) is 17.7. The number of fused-ring (bicyclic) bond motifs is 2. The van der Waals surface area contributed by atoms with E-state index in [4.69, 9.17) is 9.72 Å². The third kappa shape index (κ3) is 4.50. The molecular weight excluding hydrogens is 422 g/mol. The van der Waals surface area contributed by atoms with Gasteiger partial charge in [0.1, 0.15) is 11.6 Å². The molecule has 0 aliphatic carbocycles. The van der Waals surface area contributed by atoms with E-state index < -0.39 is 0 Å². The van der Waals surface area contributed by atoms with E-state index in [1.807, 2.05) is 49.4 Å². The molecule has 0 aliphatic rings. The molecule has 0 fully saturated rings. The summed E-state index contributed by atoms with van der Waals surface area (Å²) in [6.45, 7) is 2.67. The van der Waals surface area contributed by atoms with Gasteiger partial charge >= 0.3 is 0 Å². The van der Waals surface area contributed by atoms with Crippen molar-refractivity contribution < 1.29 is 9.53 Å². The molecule has 5 heteroatoms. The molecule has 34 heavy (non-hydrogen) atoms. The Morgan fingerprint density at radius 1 is 0.912 bits per heavy atom. The lowest BCUT2D eigenvalue weighted by Crippen LogP contribution is -2.30. The topological polar surface area (TPSA) is 56.1 Å². The summed E-state index contributed by atoms with van der Waals surface area (Å²) < 4.78 is 7.41. The summed E-state index contributed by atoms with van der Waals surface area (Å²) >= 11 is 0. The summed E-state index contributed by atoms with van der Waals surface area (Å²) in [6, 6.07) is 30.4. The maximum Gasteiger partial charge on any atom is 0.224 e. The van der Waals surface area contributed by atoms with Gasteiger partial charge in [-0.2, -0.15) is 0 Å². The van der Waals surface area contributed by atoms with E-state index in [1.165, 1.54) is 16.3 Å². The fraction of sp³-hybridized carbons (Fsp3) is 0.172. The van der Waals surface area contributed by atoms with Gasteiger partial charge in [0.05, 0.1) is 30.6 Å². The van der Waals surface area contributed by atoms with Crippen molar-refractivity contribution in [3.05, 3.63) is 108 Å². The molecule has 0 bridgehead atoms. The number of amides is 1. The molecule has 170 valence electrons. The number of rotatable bonds is 7. The molecule has 5 nitrogen and oxygen atoms in total. The van der Waals surface area contributed by atoms with Crippen LogP contribution in [0.4, 0.5) is 0 Å². The summed E-state index contributed by atoms with van der Waals surface area (Å²) in [5.41, 5.74) is 4.12. The molecule has 1 atom stereocenters. The van der Waals surface area contributed by atoms with Crippen molar-refractivity contribution in [2.75, 3.05) is 7.11 Å². The number of carbonyl (C=O) groups is 1. The van der Waals surface area contributed by atoms with Gasteiger partial charge in [0.15, 0.2) is 0 Å². The molecule has 0 aliphatic heterocycles. The minimum atomic E-state index is -0.237. The molecule has 0 spiro atoms. The Balaban J connectivity index is 1.40. The molecule has 5 aromatic rings. The van der Waals surface area contributed by atoms with E-state index >= 15 is 0 Å². The zero-order valence-electron chi connectivity index (χ0n) is 19.4. The minimum Gasteiger partial charge on any atom is -0.497 e. The number of nitrogens with zero attached hydrogens (tertiary/aromatic N) is 2. The van der Waals surface area contributed by atoms with Crippen LogP contribution in [0.15, 0.2) is 91.0 Å². The van der Waals surface area contributed by atoms with Gasteiger partial charge in [-0.05, 0) is 59.2 Å². The number of imidazole rings is 1. The SMILES string of the molecule is COc1ccc(CC(=O)NC(C)c2nc3ccccc3n2Cc2ccc3ccccc3c2)cc1. The number of nitrogens with one attached hydrogen (secondary N) is 1. The molecular formula is C29H27N3O2. The van der Waals surface area contributed by atoms with E-state index in [9.17, 15) is 4.79 Å². The first-order chi connectivity index (χ1) is 16.6. The first kappa shape index (κ1) is 21.7. The maximum absolute atomic E-state index is 12.8. The van der Waals surface area contributed by atoms with Crippen LogP contribution in [0.2, 0.25) is 0 Å². The van der Waals surface area contributed by atoms with Crippen molar-refractivity contribution in [2.45, 2.75) is 25.9 Å². The minimum absolute atomic E-state index is 0.0398. The van der Waals surface area contributed by atoms with Crippen LogP contribution in [-0.2, 0) is 17.8 Å². The highest BCUT2D eigenvalue weighted by Crippen LogP contribution is 2.24. The van der Waals surface area contributed by atoms with Crippen molar-refractivity contribution in [2.24, 2.45) is 0 Å². The number of methoxy groups -OCH3 is 1. The first-order valence-corrected chi connectivity index (χ1v) is 11.5. The number of ether oxygens (including phenoxy) is 1. The van der Waals surface area contributed by atoms with Crippen molar-refractivity contribution in [1.82, 2.24) is 14.9 Å². The Hall–Kier alpha value is -4.12. The number of hydrogen-bond acceptors (Lipinski definition) is 3. The molecule has 5 rings (SSSR count). The third-order valence-electron chi connectivity index (χ3n) is 6.13. The smallest absolute Gasteiger partial charge is 0.224 e. The largest absolute Gasteiger partial charge is 0.497 e. The fourth-order valence-corrected chi connectivity index (χ4v) is 4.40. The van der Waals surface area contributed by atoms with Gasteiger partial charge in [-0.1, -0.05) is 60.7 Å². The van der Waals surface area contributed by atoms with Crippen molar-refractivity contribution in [1.29, 1.82) is 0 Å². The van der Waals surface area contributed by atoms with E-state index in [-0.39, 0.29) is 11.9 Å². The Morgan fingerprint density at radius 3 is 2.41 bits per heavy atom. The Labute approximate surface area is 199 Å². The van der Waals surface area contributed by atoms with Gasteiger partial charge in [-0.15, -0.1) is 0 Å². The number of hydrogen-bond donors (Lipinski definition) is 1. The molecule has 1 unspecified atom stereocenters. The Morgan fingerprint density at radius 2 is 1.62 bits per heavy atom. The molecule has 0 saturated carbocycles. The lowest BCUT2D eigenvalue weighted by atomic mass is 10.1. The summed E-state index contributed by atoms with van der Waals surface area (Å²) in [5, 5.41) is 5.57. The van der Waals surface area contributed by atoms with Crippen LogP contribution >= 0.6 is 0 Å². The lowest BCUT2D eigenvalue weighted by Gasteiger charge is -2.17. The van der Waals surface area contributed by atoms with Crippen LogP contribution in [0.5, 0.6) is 5.75 Å². The van der Waals surface area contributed by atoms with Gasteiger partial charge in [0.2, 0.25) is 5.91 Å². The van der Waals surface area contributed by atoms with Gasteiger partial charge in [-0.3, -0.25) is 4.79 Å². The highest BCUT2D eigenvalue weighted by atomic mass is 16.5. The third-order valence-corrected chi connectivity index (χ3v) is 6.13. The second-order valence-corrected chi connectivity index (χ2v) is 8.54. The molecule has 1 amide bonds. The lowest BCUT2D eigenvalue weighted by molar-refractivity contribution is -0.121. The quantitative estimate of drug-likeness (QED) is 0.348. The number of para-hydroxylation sites is 2. The Kier molecular flexibility index (Phi) is 6.00. The second-order valence-electron chi connectivity index (χ2n) is 8.54. The van der Waals surface area contributed by atoms with E-state index in [1.54, 1.807) is 7.11 Å². The molecule has 1 aromatic heterocycles. The predicted molar refractivity (Wildman–Crippen MR) is 136 cm³/mol. The maximum atomic E-state index is 12.8. The zero-order valence-corrected chi connectivity index (χ0v) is 19.4. The number of aromatic nitrogens is 2. The number of carbonyl (C=O) groups excluding carboxylic acids is 1. The summed E-state index contributed by atoms with van der Waals surface area (Å²) in [6.07, 6.45) is 0.305. The van der Waals surface area contributed by atoms with Crippen molar-refractivity contribution in [3.63, 3.8) is 0 Å². The highest BCUT2D eigenvalue weighted by molar-refractivity contribution is 5.83. The monoisotopic (exact) mass is 449 g/mol. The number of benzene rings is 4. The van der Waals surface area contributed by atoms with Gasteiger partial charge in [0, 0.05) is 6.54 Å². The zero-order chi connectivity index (χ0) is 23.5. The average molecular weight is 450 g/mol. The second kappa shape index (κ2) is 9.40. The highest BCUT2D eigenvalue weighted by Gasteiger charge is 2.19. The molecule has 0 saturated heterocycles. The van der Waals surface area contributed by atoms with Gasteiger partial charge < -0.3 is 14.6 Å². The van der Waals surface area contributed by atoms with Crippen LogP contribution < -0.4 is 10.1 Å². The van der Waals surface area contributed by atoms with Crippen LogP contribution in [0.25, 0.3) is 21.8 Å². The van der Waals surface area contributed by atoms with Crippen LogP contribution in [-0.4, -0.2) is 22.6 Å². The van der Waals surface area contributed by atoms with Crippen molar-refractivity contribution >= 4 is 27.7 Å². The molecule has 0 radical (unpaired) electrons. The van der Waals surface area contributed by atoms with E-state index in [2.05, 4.69) is 58.4 Å². The summed E-state index contributed by atoms with van der Waals surface area (Å²) in [5.74, 6) is 1.58. The van der Waals surface area contributed by atoms with Crippen LogP contribution in [0, 0.1) is 0 Å². The molecule has 1 heterocycles. The first-order valence-electron chi connectivity index (χ1n) is 11.5. The van der Waals surface area contributed by atoms with E-state index in [0.29, 0.717) is 13.0 Å². The molecule has 1 N–H and O–H groups in total. The Bertz CT molecular complexity index is 1450.